The van der Waals surface area contributed by atoms with Crippen LogP contribution in [0.4, 0.5) is 14.5 Å². The third-order valence-corrected chi connectivity index (χ3v) is 5.89. The number of piperazine rings is 1. The highest BCUT2D eigenvalue weighted by Crippen LogP contribution is 2.24. The Morgan fingerprint density at radius 2 is 1.57 bits per heavy atom. The molecule has 0 bridgehead atoms. The molecule has 3 aromatic rings. The Hall–Kier alpha value is -2.71. The number of hydrogen-bond donors (Lipinski definition) is 0. The Morgan fingerprint density at radius 3 is 2.17 bits per heavy atom. The van der Waals surface area contributed by atoms with Crippen LogP contribution in [0, 0.1) is 11.6 Å². The minimum Gasteiger partial charge on any atom is -0.369 e. The van der Waals surface area contributed by atoms with Crippen LogP contribution in [0.15, 0.2) is 59.6 Å². The highest BCUT2D eigenvalue weighted by atomic mass is 32.2. The molecule has 0 radical (unpaired) electrons. The Bertz CT molecular complexity index is 1010. The van der Waals surface area contributed by atoms with Gasteiger partial charge in [0.15, 0.2) is 0 Å². The molecule has 1 saturated heterocycles. The molecule has 0 amide bonds. The molecule has 1 aliphatic rings. The lowest BCUT2D eigenvalue weighted by molar-refractivity contribution is 0.0816. The van der Waals surface area contributed by atoms with Gasteiger partial charge in [0.2, 0.25) is 0 Å². The summed E-state index contributed by atoms with van der Waals surface area (Å²) in [5, 5.41) is 5.22. The van der Waals surface area contributed by atoms with E-state index in [-0.39, 0.29) is 24.1 Å². The van der Waals surface area contributed by atoms with Crippen molar-refractivity contribution in [2.45, 2.75) is 5.03 Å². The summed E-state index contributed by atoms with van der Waals surface area (Å²) >= 11 is 1.45. The van der Waals surface area contributed by atoms with Crippen LogP contribution in [-0.2, 0) is 0 Å². The predicted molar refractivity (Wildman–Crippen MR) is 115 cm³/mol. The average molecular weight is 429 g/mol. The lowest BCUT2D eigenvalue weighted by Crippen LogP contribution is -2.48. The van der Waals surface area contributed by atoms with Gasteiger partial charge in [0.25, 0.3) is 5.91 Å². The molecule has 1 fully saturated rings. The second-order valence-corrected chi connectivity index (χ2v) is 7.95. The van der Waals surface area contributed by atoms with Crippen molar-refractivity contribution in [1.82, 2.24) is 14.7 Å². The molecule has 1 aliphatic heterocycles. The van der Waals surface area contributed by atoms with Crippen molar-refractivity contribution < 1.29 is 13.6 Å². The number of halogens is 2. The van der Waals surface area contributed by atoms with Gasteiger partial charge in [-0.2, -0.15) is 9.78 Å². The van der Waals surface area contributed by atoms with Crippen molar-refractivity contribution >= 4 is 23.4 Å². The minimum absolute atomic E-state index is 0.0945. The monoisotopic (exact) mass is 428 g/mol. The van der Waals surface area contributed by atoms with Gasteiger partial charge in [-0.05, 0) is 60.9 Å². The summed E-state index contributed by atoms with van der Waals surface area (Å²) in [4.78, 5) is 17.2. The largest absolute Gasteiger partial charge is 0.369 e. The maximum atomic E-state index is 13.2. The second kappa shape index (κ2) is 8.97. The van der Waals surface area contributed by atoms with Crippen molar-refractivity contribution in [2.24, 2.45) is 0 Å². The van der Waals surface area contributed by atoms with Gasteiger partial charge in [-0.15, -0.1) is 11.8 Å². The maximum Gasteiger partial charge on any atom is 0.262 e. The van der Waals surface area contributed by atoms with Crippen molar-refractivity contribution in [1.29, 1.82) is 0 Å². The molecular formula is C22H22F2N4OS. The van der Waals surface area contributed by atoms with E-state index in [1.807, 2.05) is 12.3 Å². The zero-order chi connectivity index (χ0) is 21.1. The van der Waals surface area contributed by atoms with E-state index in [1.54, 1.807) is 24.3 Å². The highest BCUT2D eigenvalue weighted by molar-refractivity contribution is 7.98. The van der Waals surface area contributed by atoms with Crippen molar-refractivity contribution in [2.75, 3.05) is 43.9 Å². The number of nitrogens with zero attached hydrogens (tertiary/aromatic N) is 4. The lowest BCUT2D eigenvalue weighted by atomic mass is 10.1. The molecule has 2 aromatic carbocycles. The third-order valence-electron chi connectivity index (χ3n) is 5.18. The summed E-state index contributed by atoms with van der Waals surface area (Å²) in [6.45, 7) is 3.30. The first-order valence-corrected chi connectivity index (χ1v) is 10.9. The lowest BCUT2D eigenvalue weighted by Gasteiger charge is -2.35. The topological polar surface area (TPSA) is 41.4 Å². The van der Waals surface area contributed by atoms with Crippen LogP contribution in [0.2, 0.25) is 0 Å². The summed E-state index contributed by atoms with van der Waals surface area (Å²) in [5.41, 5.74) is 2.41. The fraction of sp³-hybridized carbons (Fsp3) is 0.273. The minimum atomic E-state index is -0.306. The number of aromatic nitrogens is 2. The van der Waals surface area contributed by atoms with Gasteiger partial charge in [-0.1, -0.05) is 0 Å². The molecule has 30 heavy (non-hydrogen) atoms. The number of hydrogen-bond acceptors (Lipinski definition) is 5. The predicted octanol–water partition coefficient (Wildman–Crippen LogP) is 4.01. The Labute approximate surface area is 178 Å². The summed E-state index contributed by atoms with van der Waals surface area (Å²) in [6, 6.07) is 14.4. The number of thioether (sulfide) groups is 1. The number of rotatable bonds is 5. The fourth-order valence-electron chi connectivity index (χ4n) is 3.52. The molecule has 1 aromatic heterocycles. The standard InChI is InChI=1S/C22H22F2N4OS/c1-30-22-14-20(16-2-4-17(23)5-3-16)25-28(22)21(29)15-26-10-12-27(13-11-26)19-8-6-18(24)7-9-19/h2-9,14H,10-13,15H2,1H3. The van der Waals surface area contributed by atoms with E-state index in [0.717, 1.165) is 42.5 Å². The van der Waals surface area contributed by atoms with Gasteiger partial charge in [-0.3, -0.25) is 9.69 Å². The molecule has 0 atom stereocenters. The van der Waals surface area contributed by atoms with Gasteiger partial charge in [0.05, 0.1) is 12.2 Å². The average Bonchev–Trinajstić information content (AvgIpc) is 3.20. The molecule has 0 spiro atoms. The van der Waals surface area contributed by atoms with Gasteiger partial charge in [-0.25, -0.2) is 8.78 Å². The van der Waals surface area contributed by atoms with Crippen LogP contribution in [0.1, 0.15) is 4.79 Å². The number of carbonyl (C=O) groups excluding carboxylic acids is 1. The molecule has 0 aliphatic carbocycles. The SMILES string of the molecule is CSc1cc(-c2ccc(F)cc2)nn1C(=O)CN1CCN(c2ccc(F)cc2)CC1. The molecule has 2 heterocycles. The smallest absolute Gasteiger partial charge is 0.262 e. The number of carbonyl (C=O) groups is 1. The van der Waals surface area contributed by atoms with Gasteiger partial charge >= 0.3 is 0 Å². The number of benzene rings is 2. The highest BCUT2D eigenvalue weighted by Gasteiger charge is 2.22. The first-order valence-electron chi connectivity index (χ1n) is 9.69. The molecule has 5 nitrogen and oxygen atoms in total. The van der Waals surface area contributed by atoms with Gasteiger partial charge < -0.3 is 4.90 Å². The first kappa shape index (κ1) is 20.6. The third kappa shape index (κ3) is 4.55. The van der Waals surface area contributed by atoms with Crippen LogP contribution < -0.4 is 4.90 Å². The molecule has 0 unspecified atom stereocenters. The fourth-order valence-corrected chi connectivity index (χ4v) is 4.07. The maximum absolute atomic E-state index is 13.2. The van der Waals surface area contributed by atoms with Gasteiger partial charge in [0.1, 0.15) is 16.7 Å². The number of anilines is 1. The van der Waals surface area contributed by atoms with Crippen molar-refractivity contribution in [3.63, 3.8) is 0 Å². The van der Waals surface area contributed by atoms with E-state index in [1.165, 1.54) is 40.7 Å². The molecule has 0 N–H and O–H groups in total. The molecule has 156 valence electrons. The van der Waals surface area contributed by atoms with Crippen LogP contribution in [0.5, 0.6) is 0 Å². The zero-order valence-electron chi connectivity index (χ0n) is 16.6. The Balaban J connectivity index is 1.40. The van der Waals surface area contributed by atoms with Crippen LogP contribution in [-0.4, -0.2) is 59.6 Å². The van der Waals surface area contributed by atoms with E-state index in [9.17, 15) is 13.6 Å². The van der Waals surface area contributed by atoms with Crippen molar-refractivity contribution in [3.05, 3.63) is 66.2 Å². The van der Waals surface area contributed by atoms with Crippen LogP contribution in [0.3, 0.4) is 0 Å². The summed E-state index contributed by atoms with van der Waals surface area (Å²) < 4.78 is 27.7. The first-order chi connectivity index (χ1) is 14.5. The zero-order valence-corrected chi connectivity index (χ0v) is 17.4. The normalized spacial score (nSPS) is 14.8. The summed E-state index contributed by atoms with van der Waals surface area (Å²) in [5.74, 6) is -0.645. The Kier molecular flexibility index (Phi) is 6.15. The van der Waals surface area contributed by atoms with Crippen LogP contribution in [0.25, 0.3) is 11.3 Å². The molecule has 8 heteroatoms. The Morgan fingerprint density at radius 1 is 0.967 bits per heavy atom. The van der Waals surface area contributed by atoms with Gasteiger partial charge in [0, 0.05) is 37.4 Å². The van der Waals surface area contributed by atoms with E-state index < -0.39 is 0 Å². The van der Waals surface area contributed by atoms with E-state index in [2.05, 4.69) is 14.9 Å². The quantitative estimate of drug-likeness (QED) is 0.575. The van der Waals surface area contributed by atoms with Crippen LogP contribution >= 0.6 is 11.8 Å². The van der Waals surface area contributed by atoms with E-state index >= 15 is 0 Å². The molecule has 4 rings (SSSR count). The second-order valence-electron chi connectivity index (χ2n) is 7.12. The van der Waals surface area contributed by atoms with E-state index in [4.69, 9.17) is 0 Å². The summed E-state index contributed by atoms with van der Waals surface area (Å²) in [7, 11) is 0. The molecular weight excluding hydrogens is 406 g/mol. The summed E-state index contributed by atoms with van der Waals surface area (Å²) in [6.07, 6.45) is 1.90. The van der Waals surface area contributed by atoms with Crippen molar-refractivity contribution in [3.8, 4) is 11.3 Å². The van der Waals surface area contributed by atoms with E-state index in [0.29, 0.717) is 5.69 Å². The molecule has 0 saturated carbocycles.